The molecule has 0 radical (unpaired) electrons. The minimum absolute atomic E-state index is 0.0237. The molecule has 1 heterocycles. The first-order valence-electron chi connectivity index (χ1n) is 10.6. The van der Waals surface area contributed by atoms with Crippen molar-refractivity contribution in [1.29, 1.82) is 0 Å². The van der Waals surface area contributed by atoms with Gasteiger partial charge in [0.15, 0.2) is 0 Å². The van der Waals surface area contributed by atoms with Gasteiger partial charge < -0.3 is 10.6 Å². The maximum Gasteiger partial charge on any atom is 0.253 e. The van der Waals surface area contributed by atoms with Crippen LogP contribution in [0.25, 0.3) is 0 Å². The van der Waals surface area contributed by atoms with E-state index in [0.717, 1.165) is 16.1 Å². The van der Waals surface area contributed by atoms with Gasteiger partial charge in [0.05, 0.1) is 28.2 Å². The van der Waals surface area contributed by atoms with Gasteiger partial charge in [-0.15, -0.1) is 0 Å². The third kappa shape index (κ3) is 7.68. The number of amides is 2. The summed E-state index contributed by atoms with van der Waals surface area (Å²) in [5.74, 6) is -0.702. The number of para-hydroxylation sites is 1. The Morgan fingerprint density at radius 2 is 1.83 bits per heavy atom. The van der Waals surface area contributed by atoms with Crippen LogP contribution in [-0.2, 0) is 21.4 Å². The summed E-state index contributed by atoms with van der Waals surface area (Å²) in [5.41, 5.74) is 1.77. The number of benzene rings is 2. The Labute approximate surface area is 214 Å². The molecule has 0 unspecified atom stereocenters. The number of rotatable bonds is 10. The molecule has 35 heavy (non-hydrogen) atoms. The number of nitrogens with zero attached hydrogens (tertiary/aromatic N) is 2. The van der Waals surface area contributed by atoms with E-state index in [9.17, 15) is 18.0 Å². The molecule has 3 aromatic rings. The lowest BCUT2D eigenvalue weighted by molar-refractivity contribution is -0.116. The molecule has 0 fully saturated rings. The fourth-order valence-corrected chi connectivity index (χ4v) is 4.71. The van der Waals surface area contributed by atoms with Crippen molar-refractivity contribution < 1.29 is 18.0 Å². The molecule has 3 rings (SSSR count). The highest BCUT2D eigenvalue weighted by atomic mass is 35.5. The van der Waals surface area contributed by atoms with Crippen LogP contribution in [0.4, 0.5) is 11.4 Å². The number of hydrogen-bond acceptors (Lipinski definition) is 5. The van der Waals surface area contributed by atoms with Crippen LogP contribution >= 0.6 is 23.2 Å². The number of pyridine rings is 1. The van der Waals surface area contributed by atoms with Crippen LogP contribution < -0.4 is 14.9 Å². The Bertz CT molecular complexity index is 1300. The molecule has 0 aliphatic rings. The average Bonchev–Trinajstić information content (AvgIpc) is 2.82. The monoisotopic (exact) mass is 534 g/mol. The Balaban J connectivity index is 1.61. The maximum atomic E-state index is 12.7. The van der Waals surface area contributed by atoms with Crippen molar-refractivity contribution in [2.24, 2.45) is 0 Å². The van der Waals surface area contributed by atoms with E-state index in [1.807, 2.05) is 6.07 Å². The standard InChI is InChI=1S/C24H24Cl2N4O4S/c1-35(33,34)30(22-14-18(25)10-11-20(22)26)13-5-9-23(31)29-21-8-3-2-7-19(21)24(32)28-16-17-6-4-12-27-15-17/h2-4,6-8,10-12,14-15H,5,9,13,16H2,1H3,(H,28,32)(H,29,31). The van der Waals surface area contributed by atoms with Crippen LogP contribution in [0.15, 0.2) is 67.0 Å². The van der Waals surface area contributed by atoms with E-state index in [1.54, 1.807) is 48.8 Å². The Kier molecular flexibility index (Phi) is 9.08. The normalized spacial score (nSPS) is 11.1. The molecule has 2 N–H and O–H groups in total. The van der Waals surface area contributed by atoms with Gasteiger partial charge >= 0.3 is 0 Å². The summed E-state index contributed by atoms with van der Waals surface area (Å²) in [7, 11) is -3.66. The Morgan fingerprint density at radius 3 is 2.54 bits per heavy atom. The zero-order valence-corrected chi connectivity index (χ0v) is 21.2. The van der Waals surface area contributed by atoms with Gasteiger partial charge in [-0.05, 0) is 48.4 Å². The van der Waals surface area contributed by atoms with Crippen LogP contribution in [0, 0.1) is 0 Å². The minimum Gasteiger partial charge on any atom is -0.348 e. The van der Waals surface area contributed by atoms with Gasteiger partial charge in [-0.2, -0.15) is 0 Å². The number of nitrogens with one attached hydrogen (secondary N) is 2. The zero-order chi connectivity index (χ0) is 25.4. The molecule has 1 aromatic heterocycles. The molecule has 0 spiro atoms. The average molecular weight is 535 g/mol. The summed E-state index contributed by atoms with van der Waals surface area (Å²) in [6, 6.07) is 14.8. The van der Waals surface area contributed by atoms with Gasteiger partial charge in [0, 0.05) is 36.9 Å². The van der Waals surface area contributed by atoms with E-state index in [-0.39, 0.29) is 41.9 Å². The van der Waals surface area contributed by atoms with Crippen molar-refractivity contribution >= 4 is 56.4 Å². The summed E-state index contributed by atoms with van der Waals surface area (Å²) in [6.45, 7) is 0.321. The molecular formula is C24H24Cl2N4O4S. The van der Waals surface area contributed by atoms with Crippen molar-refractivity contribution in [1.82, 2.24) is 10.3 Å². The Morgan fingerprint density at radius 1 is 1.06 bits per heavy atom. The Hall–Kier alpha value is -3.14. The van der Waals surface area contributed by atoms with Crippen LogP contribution in [0.1, 0.15) is 28.8 Å². The number of anilines is 2. The number of aromatic nitrogens is 1. The predicted octanol–water partition coefficient (Wildman–Crippen LogP) is 4.50. The molecule has 11 heteroatoms. The van der Waals surface area contributed by atoms with Crippen LogP contribution in [0.5, 0.6) is 0 Å². The smallest absolute Gasteiger partial charge is 0.253 e. The lowest BCUT2D eigenvalue weighted by Crippen LogP contribution is -2.31. The van der Waals surface area contributed by atoms with Crippen molar-refractivity contribution in [2.45, 2.75) is 19.4 Å². The fourth-order valence-electron chi connectivity index (χ4n) is 3.31. The molecule has 0 aliphatic heterocycles. The van der Waals surface area contributed by atoms with Crippen LogP contribution in [-0.4, -0.2) is 38.0 Å². The molecule has 8 nitrogen and oxygen atoms in total. The molecule has 2 aromatic carbocycles. The number of sulfonamides is 1. The molecule has 2 amide bonds. The molecular weight excluding hydrogens is 511 g/mol. The number of halogens is 2. The van der Waals surface area contributed by atoms with E-state index < -0.39 is 10.0 Å². The molecule has 0 bridgehead atoms. The number of carbonyl (C=O) groups is 2. The first-order chi connectivity index (χ1) is 16.6. The van der Waals surface area contributed by atoms with Crippen molar-refractivity contribution in [3.63, 3.8) is 0 Å². The SMILES string of the molecule is CS(=O)(=O)N(CCCC(=O)Nc1ccccc1C(=O)NCc1cccnc1)c1cc(Cl)ccc1Cl. The summed E-state index contributed by atoms with van der Waals surface area (Å²) >= 11 is 12.2. The predicted molar refractivity (Wildman–Crippen MR) is 138 cm³/mol. The van der Waals surface area contributed by atoms with Crippen molar-refractivity contribution in [3.8, 4) is 0 Å². The quantitative estimate of drug-likeness (QED) is 0.398. The first-order valence-corrected chi connectivity index (χ1v) is 13.2. The molecule has 0 aliphatic carbocycles. The first kappa shape index (κ1) is 26.5. The highest BCUT2D eigenvalue weighted by Crippen LogP contribution is 2.31. The maximum absolute atomic E-state index is 12.7. The van der Waals surface area contributed by atoms with Gasteiger partial charge in [0.1, 0.15) is 0 Å². The van der Waals surface area contributed by atoms with Gasteiger partial charge in [-0.25, -0.2) is 8.42 Å². The summed E-state index contributed by atoms with van der Waals surface area (Å²) in [4.78, 5) is 29.3. The molecule has 0 saturated carbocycles. The molecule has 0 saturated heterocycles. The zero-order valence-electron chi connectivity index (χ0n) is 18.9. The number of hydrogen-bond donors (Lipinski definition) is 2. The topological polar surface area (TPSA) is 108 Å². The van der Waals surface area contributed by atoms with Crippen molar-refractivity contribution in [3.05, 3.63) is 88.2 Å². The van der Waals surface area contributed by atoms with Gasteiger partial charge in [-0.3, -0.25) is 18.9 Å². The summed E-state index contributed by atoms with van der Waals surface area (Å²) < 4.78 is 25.8. The third-order valence-electron chi connectivity index (χ3n) is 4.96. The second kappa shape index (κ2) is 12.0. The fraction of sp³-hybridized carbons (Fsp3) is 0.208. The minimum atomic E-state index is -3.66. The van der Waals surface area contributed by atoms with E-state index >= 15 is 0 Å². The second-order valence-corrected chi connectivity index (χ2v) is 10.4. The van der Waals surface area contributed by atoms with Crippen LogP contribution in [0.2, 0.25) is 10.0 Å². The third-order valence-corrected chi connectivity index (χ3v) is 6.70. The van der Waals surface area contributed by atoms with Gasteiger partial charge in [0.2, 0.25) is 15.9 Å². The van der Waals surface area contributed by atoms with E-state index in [4.69, 9.17) is 23.2 Å². The van der Waals surface area contributed by atoms with E-state index in [2.05, 4.69) is 15.6 Å². The van der Waals surface area contributed by atoms with Crippen LogP contribution in [0.3, 0.4) is 0 Å². The van der Waals surface area contributed by atoms with Crippen molar-refractivity contribution in [2.75, 3.05) is 22.4 Å². The largest absolute Gasteiger partial charge is 0.348 e. The van der Waals surface area contributed by atoms with Gasteiger partial charge in [-0.1, -0.05) is 41.4 Å². The second-order valence-electron chi connectivity index (χ2n) is 7.67. The van der Waals surface area contributed by atoms with Gasteiger partial charge in [0.25, 0.3) is 5.91 Å². The lowest BCUT2D eigenvalue weighted by Gasteiger charge is -2.23. The van der Waals surface area contributed by atoms with E-state index in [1.165, 1.54) is 12.1 Å². The lowest BCUT2D eigenvalue weighted by atomic mass is 10.1. The van der Waals surface area contributed by atoms with E-state index in [0.29, 0.717) is 22.8 Å². The molecule has 184 valence electrons. The highest BCUT2D eigenvalue weighted by Gasteiger charge is 2.21. The summed E-state index contributed by atoms with van der Waals surface area (Å²) in [6.07, 6.45) is 4.61. The highest BCUT2D eigenvalue weighted by molar-refractivity contribution is 7.92. The number of carbonyl (C=O) groups excluding carboxylic acids is 2. The summed E-state index contributed by atoms with van der Waals surface area (Å²) in [5, 5.41) is 6.11. The molecule has 0 atom stereocenters.